The summed E-state index contributed by atoms with van der Waals surface area (Å²) in [5.41, 5.74) is 0.503. The van der Waals surface area contributed by atoms with Crippen LogP contribution in [0.1, 0.15) is 33.1 Å². The molecule has 0 bridgehead atoms. The molecule has 4 heteroatoms. The highest BCUT2D eigenvalue weighted by molar-refractivity contribution is 5.78. The number of carbonyl (C=O) groups is 1. The van der Waals surface area contributed by atoms with Gasteiger partial charge in [0.2, 0.25) is 0 Å². The van der Waals surface area contributed by atoms with Crippen molar-refractivity contribution in [1.29, 1.82) is 0 Å². The first-order valence-electron chi connectivity index (χ1n) is 6.99. The Bertz CT molecular complexity index is 359. The lowest BCUT2D eigenvalue weighted by Gasteiger charge is -2.38. The van der Waals surface area contributed by atoms with Crippen molar-refractivity contribution in [3.8, 4) is 0 Å². The molecule has 1 aliphatic carbocycles. The Hall–Kier alpha value is -0.870. The smallest absolute Gasteiger partial charge is 0.312 e. The Morgan fingerprint density at radius 1 is 1.37 bits per heavy atom. The van der Waals surface area contributed by atoms with E-state index in [2.05, 4.69) is 13.5 Å². The molecule has 2 fully saturated rings. The summed E-state index contributed by atoms with van der Waals surface area (Å²) in [5.74, 6) is 0.266. The van der Waals surface area contributed by atoms with Crippen LogP contribution in [0.4, 0.5) is 0 Å². The van der Waals surface area contributed by atoms with E-state index in [1.54, 1.807) is 0 Å². The summed E-state index contributed by atoms with van der Waals surface area (Å²) in [5, 5.41) is 0. The number of ether oxygens (including phenoxy) is 3. The van der Waals surface area contributed by atoms with Gasteiger partial charge in [0.1, 0.15) is 0 Å². The lowest BCUT2D eigenvalue weighted by atomic mass is 9.68. The Morgan fingerprint density at radius 3 is 2.53 bits per heavy atom. The summed E-state index contributed by atoms with van der Waals surface area (Å²) >= 11 is 0. The van der Waals surface area contributed by atoms with Crippen molar-refractivity contribution in [2.24, 2.45) is 17.3 Å². The van der Waals surface area contributed by atoms with Crippen molar-refractivity contribution in [3.63, 3.8) is 0 Å². The topological polar surface area (TPSA) is 44.8 Å². The summed E-state index contributed by atoms with van der Waals surface area (Å²) in [6.07, 6.45) is 2.28. The molecule has 2 rings (SSSR count). The van der Waals surface area contributed by atoms with Gasteiger partial charge in [-0.1, -0.05) is 19.1 Å². The van der Waals surface area contributed by atoms with Crippen molar-refractivity contribution in [2.75, 3.05) is 20.3 Å². The van der Waals surface area contributed by atoms with Gasteiger partial charge in [0.25, 0.3) is 0 Å². The lowest BCUT2D eigenvalue weighted by molar-refractivity contribution is -0.166. The van der Waals surface area contributed by atoms with E-state index < -0.39 is 5.41 Å². The first kappa shape index (κ1) is 14.5. The minimum absolute atomic E-state index is 0.149. The van der Waals surface area contributed by atoms with Gasteiger partial charge in [0.05, 0.1) is 25.7 Å². The maximum absolute atomic E-state index is 12.5. The van der Waals surface area contributed by atoms with E-state index in [-0.39, 0.29) is 24.1 Å². The van der Waals surface area contributed by atoms with Crippen LogP contribution in [0.3, 0.4) is 0 Å². The molecule has 1 aliphatic heterocycles. The van der Waals surface area contributed by atoms with E-state index in [1.807, 2.05) is 6.92 Å². The van der Waals surface area contributed by atoms with Gasteiger partial charge in [-0.2, -0.15) is 0 Å². The van der Waals surface area contributed by atoms with Gasteiger partial charge in [0.15, 0.2) is 6.29 Å². The molecule has 0 aromatic carbocycles. The van der Waals surface area contributed by atoms with Crippen LogP contribution in [0, 0.1) is 17.3 Å². The van der Waals surface area contributed by atoms with Crippen LogP contribution >= 0.6 is 0 Å². The predicted molar refractivity (Wildman–Crippen MR) is 71.5 cm³/mol. The molecule has 1 saturated heterocycles. The predicted octanol–water partition coefficient (Wildman–Crippen LogP) is 2.53. The number of carbonyl (C=O) groups excluding carboxylic acids is 1. The van der Waals surface area contributed by atoms with Crippen LogP contribution in [-0.4, -0.2) is 32.6 Å². The first-order chi connectivity index (χ1) is 9.02. The van der Waals surface area contributed by atoms with Crippen LogP contribution in [-0.2, 0) is 19.0 Å². The van der Waals surface area contributed by atoms with Gasteiger partial charge in [0, 0.05) is 6.42 Å². The van der Waals surface area contributed by atoms with E-state index in [4.69, 9.17) is 14.2 Å². The number of hydrogen-bond donors (Lipinski definition) is 0. The Balaban J connectivity index is 2.30. The van der Waals surface area contributed by atoms with Gasteiger partial charge >= 0.3 is 5.97 Å². The van der Waals surface area contributed by atoms with E-state index in [0.29, 0.717) is 19.6 Å². The minimum atomic E-state index is -0.546. The van der Waals surface area contributed by atoms with Crippen LogP contribution in [0.25, 0.3) is 0 Å². The van der Waals surface area contributed by atoms with Crippen LogP contribution in [0.15, 0.2) is 12.2 Å². The summed E-state index contributed by atoms with van der Waals surface area (Å²) < 4.78 is 16.2. The number of esters is 1. The highest BCUT2D eigenvalue weighted by Gasteiger charge is 2.56. The zero-order valence-electron chi connectivity index (χ0n) is 12.1. The van der Waals surface area contributed by atoms with Crippen molar-refractivity contribution in [3.05, 3.63) is 12.2 Å². The second-order valence-electron chi connectivity index (χ2n) is 5.78. The molecule has 0 radical (unpaired) electrons. The van der Waals surface area contributed by atoms with Crippen molar-refractivity contribution >= 4 is 5.97 Å². The molecule has 0 aromatic heterocycles. The van der Waals surface area contributed by atoms with E-state index >= 15 is 0 Å². The maximum Gasteiger partial charge on any atom is 0.312 e. The SMILES string of the molecule is C=C(C)[C@H]1CC[C@@H](C)[C@@]1(CC1OCCO1)C(=O)OC. The second kappa shape index (κ2) is 5.63. The molecule has 4 nitrogen and oxygen atoms in total. The molecule has 1 saturated carbocycles. The van der Waals surface area contributed by atoms with Crippen molar-refractivity contribution < 1.29 is 19.0 Å². The summed E-state index contributed by atoms with van der Waals surface area (Å²) in [6.45, 7) is 9.40. The average molecular weight is 268 g/mol. The highest BCUT2D eigenvalue weighted by Crippen LogP contribution is 2.54. The fraction of sp³-hybridized carbons (Fsp3) is 0.800. The number of hydrogen-bond acceptors (Lipinski definition) is 4. The Kier molecular flexibility index (Phi) is 4.31. The van der Waals surface area contributed by atoms with Crippen LogP contribution < -0.4 is 0 Å². The Morgan fingerprint density at radius 2 is 2.00 bits per heavy atom. The largest absolute Gasteiger partial charge is 0.469 e. The fourth-order valence-corrected chi connectivity index (χ4v) is 3.72. The quantitative estimate of drug-likeness (QED) is 0.580. The fourth-order valence-electron chi connectivity index (χ4n) is 3.72. The lowest BCUT2D eigenvalue weighted by Crippen LogP contribution is -2.43. The van der Waals surface area contributed by atoms with Gasteiger partial charge in [-0.25, -0.2) is 0 Å². The monoisotopic (exact) mass is 268 g/mol. The molecule has 3 atom stereocenters. The van der Waals surface area contributed by atoms with E-state index in [1.165, 1.54) is 7.11 Å². The van der Waals surface area contributed by atoms with Gasteiger partial charge in [-0.15, -0.1) is 0 Å². The molecule has 0 spiro atoms. The molecule has 2 aliphatic rings. The van der Waals surface area contributed by atoms with E-state index in [9.17, 15) is 4.79 Å². The molecule has 19 heavy (non-hydrogen) atoms. The number of rotatable bonds is 4. The van der Waals surface area contributed by atoms with Gasteiger partial charge < -0.3 is 14.2 Å². The summed E-state index contributed by atoms with van der Waals surface area (Å²) in [6, 6.07) is 0. The molecule has 0 aromatic rings. The third kappa shape index (κ3) is 2.43. The second-order valence-corrected chi connectivity index (χ2v) is 5.78. The number of methoxy groups -OCH3 is 1. The third-order valence-corrected chi connectivity index (χ3v) is 4.75. The molecular weight excluding hydrogens is 244 g/mol. The van der Waals surface area contributed by atoms with Gasteiger partial charge in [-0.3, -0.25) is 4.79 Å². The van der Waals surface area contributed by atoms with Crippen molar-refractivity contribution in [2.45, 2.75) is 39.4 Å². The molecule has 108 valence electrons. The van der Waals surface area contributed by atoms with Crippen LogP contribution in [0.2, 0.25) is 0 Å². The minimum Gasteiger partial charge on any atom is -0.469 e. The molecule has 0 N–H and O–H groups in total. The van der Waals surface area contributed by atoms with E-state index in [0.717, 1.165) is 18.4 Å². The first-order valence-corrected chi connectivity index (χ1v) is 6.99. The normalized spacial score (nSPS) is 35.5. The standard InChI is InChI=1S/C15H24O4/c1-10(2)12-6-5-11(3)15(12,14(16)17-4)9-13-18-7-8-19-13/h11-13H,1,5-9H2,2-4H3/t11-,12-,15-/m1/s1. The molecular formula is C15H24O4. The zero-order chi connectivity index (χ0) is 14.0. The van der Waals surface area contributed by atoms with Crippen molar-refractivity contribution in [1.82, 2.24) is 0 Å². The maximum atomic E-state index is 12.5. The highest BCUT2D eigenvalue weighted by atomic mass is 16.7. The molecule has 0 amide bonds. The molecule has 0 unspecified atom stereocenters. The number of allylic oxidation sites excluding steroid dienone is 1. The summed E-state index contributed by atoms with van der Waals surface area (Å²) in [4.78, 5) is 12.5. The average Bonchev–Trinajstić information content (AvgIpc) is 2.98. The van der Waals surface area contributed by atoms with Crippen LogP contribution in [0.5, 0.6) is 0 Å². The Labute approximate surface area is 115 Å². The third-order valence-electron chi connectivity index (χ3n) is 4.75. The summed E-state index contributed by atoms with van der Waals surface area (Å²) in [7, 11) is 1.46. The molecule has 1 heterocycles. The zero-order valence-corrected chi connectivity index (χ0v) is 12.1. The van der Waals surface area contributed by atoms with Gasteiger partial charge in [-0.05, 0) is 31.6 Å².